The minimum Gasteiger partial charge on any atom is -0.425 e. The van der Waals surface area contributed by atoms with Crippen molar-refractivity contribution in [2.24, 2.45) is 5.92 Å². The summed E-state index contributed by atoms with van der Waals surface area (Å²) in [7, 11) is 0. The summed E-state index contributed by atoms with van der Waals surface area (Å²) in [5, 5.41) is 0. The fourth-order valence-corrected chi connectivity index (χ4v) is 1.98. The standard InChI is InChI=1S/C18H14O6/c19-16(13-10-11-13)22-15-9-5-4-8-14(15)18(21)24-23-17(20)12-6-2-1-3-7-12/h1-9,13H,10-11H2. The lowest BCUT2D eigenvalue weighted by molar-refractivity contribution is -0.187. The molecule has 2 aromatic rings. The van der Waals surface area contributed by atoms with E-state index in [0.717, 1.165) is 12.8 Å². The summed E-state index contributed by atoms with van der Waals surface area (Å²) in [6.45, 7) is 0. The van der Waals surface area contributed by atoms with Gasteiger partial charge in [0.1, 0.15) is 11.3 Å². The van der Waals surface area contributed by atoms with Crippen LogP contribution in [0.3, 0.4) is 0 Å². The van der Waals surface area contributed by atoms with Crippen molar-refractivity contribution in [3.8, 4) is 5.75 Å². The molecule has 1 saturated carbocycles. The lowest BCUT2D eigenvalue weighted by atomic mass is 10.2. The van der Waals surface area contributed by atoms with E-state index in [-0.39, 0.29) is 28.8 Å². The lowest BCUT2D eigenvalue weighted by Gasteiger charge is -2.08. The van der Waals surface area contributed by atoms with Crippen LogP contribution in [-0.2, 0) is 14.6 Å². The van der Waals surface area contributed by atoms with E-state index in [1.165, 1.54) is 24.3 Å². The fraction of sp³-hybridized carbons (Fsp3) is 0.167. The van der Waals surface area contributed by atoms with Crippen LogP contribution in [0.1, 0.15) is 33.6 Å². The molecule has 6 heteroatoms. The third-order valence-electron chi connectivity index (χ3n) is 3.43. The van der Waals surface area contributed by atoms with Gasteiger partial charge in [-0.25, -0.2) is 19.4 Å². The molecule has 0 radical (unpaired) electrons. The van der Waals surface area contributed by atoms with Crippen molar-refractivity contribution < 1.29 is 28.9 Å². The molecule has 6 nitrogen and oxygen atoms in total. The Kier molecular flexibility index (Phi) is 4.56. The normalized spacial score (nSPS) is 13.0. The molecule has 0 atom stereocenters. The summed E-state index contributed by atoms with van der Waals surface area (Å²) in [5.41, 5.74) is 0.256. The summed E-state index contributed by atoms with van der Waals surface area (Å²) in [6.07, 6.45) is 1.58. The van der Waals surface area contributed by atoms with Gasteiger partial charge in [0.25, 0.3) is 0 Å². The molecule has 3 rings (SSSR count). The number of esters is 1. The zero-order valence-corrected chi connectivity index (χ0v) is 12.6. The average molecular weight is 326 g/mol. The van der Waals surface area contributed by atoms with Crippen LogP contribution in [0.2, 0.25) is 0 Å². The molecule has 0 heterocycles. The highest BCUT2D eigenvalue weighted by Gasteiger charge is 2.32. The second-order valence-electron chi connectivity index (χ2n) is 5.30. The van der Waals surface area contributed by atoms with E-state index in [0.29, 0.717) is 0 Å². The van der Waals surface area contributed by atoms with Crippen LogP contribution in [0.15, 0.2) is 54.6 Å². The van der Waals surface area contributed by atoms with Crippen molar-refractivity contribution >= 4 is 17.9 Å². The van der Waals surface area contributed by atoms with Gasteiger partial charge in [0.05, 0.1) is 11.5 Å². The molecule has 0 N–H and O–H groups in total. The third-order valence-corrected chi connectivity index (χ3v) is 3.43. The molecular formula is C18H14O6. The first kappa shape index (κ1) is 15.7. The maximum Gasteiger partial charge on any atom is 0.390 e. The van der Waals surface area contributed by atoms with E-state index >= 15 is 0 Å². The molecule has 1 aliphatic rings. The molecule has 1 fully saturated rings. The van der Waals surface area contributed by atoms with Gasteiger partial charge in [-0.3, -0.25) is 4.79 Å². The average Bonchev–Trinajstić information content (AvgIpc) is 3.46. The molecule has 0 amide bonds. The summed E-state index contributed by atoms with van der Waals surface area (Å²) in [4.78, 5) is 44.7. The van der Waals surface area contributed by atoms with Crippen LogP contribution in [0.25, 0.3) is 0 Å². The van der Waals surface area contributed by atoms with Crippen LogP contribution in [0, 0.1) is 5.92 Å². The molecule has 122 valence electrons. The lowest BCUT2D eigenvalue weighted by Crippen LogP contribution is -2.15. The summed E-state index contributed by atoms with van der Waals surface area (Å²) < 4.78 is 5.20. The van der Waals surface area contributed by atoms with Crippen LogP contribution in [-0.4, -0.2) is 17.9 Å². The first-order chi connectivity index (χ1) is 11.6. The van der Waals surface area contributed by atoms with Gasteiger partial charge in [0, 0.05) is 0 Å². The smallest absolute Gasteiger partial charge is 0.390 e. The van der Waals surface area contributed by atoms with Crippen molar-refractivity contribution in [1.29, 1.82) is 0 Å². The van der Waals surface area contributed by atoms with Gasteiger partial charge in [0.2, 0.25) is 0 Å². The van der Waals surface area contributed by atoms with Crippen molar-refractivity contribution in [2.45, 2.75) is 12.8 Å². The number of carbonyl (C=O) groups is 3. The molecule has 0 bridgehead atoms. The fourth-order valence-electron chi connectivity index (χ4n) is 1.98. The molecule has 0 saturated heterocycles. The van der Waals surface area contributed by atoms with E-state index in [2.05, 4.69) is 9.78 Å². The predicted octanol–water partition coefficient (Wildman–Crippen LogP) is 2.93. The number of ether oxygens (including phenoxy) is 1. The van der Waals surface area contributed by atoms with Gasteiger partial charge in [-0.2, -0.15) is 0 Å². The van der Waals surface area contributed by atoms with Gasteiger partial charge in [-0.1, -0.05) is 30.3 Å². The molecular weight excluding hydrogens is 312 g/mol. The van der Waals surface area contributed by atoms with Gasteiger partial charge in [-0.15, -0.1) is 0 Å². The Morgan fingerprint density at radius 3 is 2.12 bits per heavy atom. The zero-order valence-electron chi connectivity index (χ0n) is 12.6. The highest BCUT2D eigenvalue weighted by atomic mass is 17.2. The van der Waals surface area contributed by atoms with E-state index in [9.17, 15) is 14.4 Å². The largest absolute Gasteiger partial charge is 0.425 e. The van der Waals surface area contributed by atoms with Crippen molar-refractivity contribution in [3.05, 3.63) is 65.7 Å². The molecule has 0 aliphatic heterocycles. The van der Waals surface area contributed by atoms with E-state index in [4.69, 9.17) is 4.74 Å². The van der Waals surface area contributed by atoms with Crippen LogP contribution >= 0.6 is 0 Å². The van der Waals surface area contributed by atoms with E-state index < -0.39 is 11.9 Å². The molecule has 0 spiro atoms. The topological polar surface area (TPSA) is 78.9 Å². The quantitative estimate of drug-likeness (QED) is 0.372. The van der Waals surface area contributed by atoms with Gasteiger partial charge in [-0.05, 0) is 37.1 Å². The Morgan fingerprint density at radius 1 is 0.792 bits per heavy atom. The second kappa shape index (κ2) is 6.95. The summed E-state index contributed by atoms with van der Waals surface area (Å²) >= 11 is 0. The first-order valence-corrected chi connectivity index (χ1v) is 7.44. The Bertz CT molecular complexity index is 764. The number of carbonyl (C=O) groups excluding carboxylic acids is 3. The molecule has 24 heavy (non-hydrogen) atoms. The van der Waals surface area contributed by atoms with E-state index in [1.807, 2.05) is 0 Å². The predicted molar refractivity (Wildman–Crippen MR) is 82.1 cm³/mol. The van der Waals surface area contributed by atoms with Gasteiger partial charge >= 0.3 is 17.9 Å². The Labute approximate surface area is 137 Å². The van der Waals surface area contributed by atoms with Crippen LogP contribution in [0.5, 0.6) is 5.75 Å². The van der Waals surface area contributed by atoms with Gasteiger partial charge in [0.15, 0.2) is 0 Å². The number of hydrogen-bond donors (Lipinski definition) is 0. The Balaban J connectivity index is 1.64. The van der Waals surface area contributed by atoms with E-state index in [1.54, 1.807) is 30.3 Å². The number of hydrogen-bond acceptors (Lipinski definition) is 6. The number of benzene rings is 2. The van der Waals surface area contributed by atoms with Crippen molar-refractivity contribution in [3.63, 3.8) is 0 Å². The second-order valence-corrected chi connectivity index (χ2v) is 5.30. The summed E-state index contributed by atoms with van der Waals surface area (Å²) in [5.74, 6) is -2.12. The maximum atomic E-state index is 12.1. The maximum absolute atomic E-state index is 12.1. The molecule has 0 aromatic heterocycles. The highest BCUT2D eigenvalue weighted by Crippen LogP contribution is 2.31. The Morgan fingerprint density at radius 2 is 1.42 bits per heavy atom. The monoisotopic (exact) mass is 326 g/mol. The minimum atomic E-state index is -0.918. The molecule has 1 aliphatic carbocycles. The first-order valence-electron chi connectivity index (χ1n) is 7.44. The third kappa shape index (κ3) is 3.78. The van der Waals surface area contributed by atoms with Crippen LogP contribution in [0.4, 0.5) is 0 Å². The Hall–Kier alpha value is -3.15. The number of para-hydroxylation sites is 1. The number of rotatable bonds is 4. The SMILES string of the molecule is O=C(OOC(=O)c1ccccc1OC(=O)C1CC1)c1ccccc1. The minimum absolute atomic E-state index is 0.00682. The van der Waals surface area contributed by atoms with Gasteiger partial charge < -0.3 is 4.74 Å². The molecule has 0 unspecified atom stereocenters. The van der Waals surface area contributed by atoms with Crippen molar-refractivity contribution in [2.75, 3.05) is 0 Å². The van der Waals surface area contributed by atoms with Crippen LogP contribution < -0.4 is 4.74 Å². The molecule has 2 aromatic carbocycles. The van der Waals surface area contributed by atoms with Crippen molar-refractivity contribution in [1.82, 2.24) is 0 Å². The highest BCUT2D eigenvalue weighted by molar-refractivity contribution is 5.95. The summed E-state index contributed by atoms with van der Waals surface area (Å²) in [6, 6.07) is 14.2. The zero-order chi connectivity index (χ0) is 16.9.